The molecule has 0 saturated carbocycles. The fourth-order valence-corrected chi connectivity index (χ4v) is 2.78. The molecule has 1 atom stereocenters. The maximum absolute atomic E-state index is 4.76. The van der Waals surface area contributed by atoms with E-state index >= 15 is 0 Å². The number of nitrogens with one attached hydrogen (secondary N) is 1. The van der Waals surface area contributed by atoms with Gasteiger partial charge in [-0.05, 0) is 13.5 Å². The van der Waals surface area contributed by atoms with Crippen LogP contribution in [0.5, 0.6) is 0 Å². The highest BCUT2D eigenvalue weighted by molar-refractivity contribution is 7.09. The number of hydrogen-bond donors (Lipinski definition) is 1. The predicted molar refractivity (Wildman–Crippen MR) is 72.1 cm³/mol. The van der Waals surface area contributed by atoms with Crippen LogP contribution in [0, 0.1) is 0 Å². The van der Waals surface area contributed by atoms with Gasteiger partial charge in [0.2, 0.25) is 0 Å². The summed E-state index contributed by atoms with van der Waals surface area (Å²) in [5.74, 6) is 0. The van der Waals surface area contributed by atoms with E-state index in [1.165, 1.54) is 30.0 Å². The van der Waals surface area contributed by atoms with E-state index in [0.29, 0.717) is 6.04 Å². The summed E-state index contributed by atoms with van der Waals surface area (Å²) in [6.45, 7) is 8.87. The van der Waals surface area contributed by atoms with E-state index in [2.05, 4.69) is 38.4 Å². The number of aromatic nitrogens is 1. The highest BCUT2D eigenvalue weighted by Crippen LogP contribution is 2.28. The van der Waals surface area contributed by atoms with Crippen molar-refractivity contribution >= 4 is 11.3 Å². The molecule has 1 N–H and O–H groups in total. The van der Waals surface area contributed by atoms with Crippen molar-refractivity contribution in [2.24, 2.45) is 0 Å². The molecule has 0 saturated heterocycles. The first kappa shape index (κ1) is 13.7. The molecule has 0 aliphatic carbocycles. The molecule has 0 spiro atoms. The lowest BCUT2D eigenvalue weighted by Crippen LogP contribution is -2.17. The van der Waals surface area contributed by atoms with Gasteiger partial charge in [0.05, 0.1) is 11.7 Å². The van der Waals surface area contributed by atoms with Crippen molar-refractivity contribution in [1.29, 1.82) is 0 Å². The Kier molecular flexibility index (Phi) is 4.93. The summed E-state index contributed by atoms with van der Waals surface area (Å²) in [7, 11) is 2.03. The van der Waals surface area contributed by atoms with Crippen LogP contribution in [0.1, 0.15) is 63.7 Å². The normalized spacial score (nSPS) is 14.1. The molecule has 0 aliphatic rings. The van der Waals surface area contributed by atoms with E-state index in [0.717, 1.165) is 0 Å². The number of rotatable bonds is 5. The van der Waals surface area contributed by atoms with Crippen LogP contribution >= 0.6 is 11.3 Å². The van der Waals surface area contributed by atoms with Crippen LogP contribution in [0.15, 0.2) is 5.38 Å². The average Bonchev–Trinajstić information content (AvgIpc) is 2.68. The SMILES string of the molecule is CCCCC(NC)c1nc(C(C)(C)C)cs1. The second-order valence-electron chi connectivity index (χ2n) is 5.30. The Morgan fingerprint density at radius 1 is 1.44 bits per heavy atom. The van der Waals surface area contributed by atoms with Gasteiger partial charge in [-0.1, -0.05) is 40.5 Å². The first-order chi connectivity index (χ1) is 7.49. The molecule has 92 valence electrons. The lowest BCUT2D eigenvalue weighted by molar-refractivity contribution is 0.511. The van der Waals surface area contributed by atoms with Crippen LogP contribution in [0.3, 0.4) is 0 Å². The number of unbranched alkanes of at least 4 members (excludes halogenated alkanes) is 1. The number of thiazole rings is 1. The highest BCUT2D eigenvalue weighted by Gasteiger charge is 2.20. The Morgan fingerprint density at radius 3 is 2.56 bits per heavy atom. The maximum Gasteiger partial charge on any atom is 0.110 e. The fraction of sp³-hybridized carbons (Fsp3) is 0.769. The summed E-state index contributed by atoms with van der Waals surface area (Å²) in [5, 5.41) is 6.80. The van der Waals surface area contributed by atoms with Gasteiger partial charge in [-0.25, -0.2) is 4.98 Å². The van der Waals surface area contributed by atoms with E-state index < -0.39 is 0 Å². The molecule has 0 amide bonds. The largest absolute Gasteiger partial charge is 0.311 e. The van der Waals surface area contributed by atoms with E-state index in [-0.39, 0.29) is 5.41 Å². The van der Waals surface area contributed by atoms with E-state index in [1.807, 2.05) is 7.05 Å². The first-order valence-corrected chi connectivity index (χ1v) is 7.00. The molecule has 3 heteroatoms. The molecule has 0 radical (unpaired) electrons. The summed E-state index contributed by atoms with van der Waals surface area (Å²) >= 11 is 1.79. The topological polar surface area (TPSA) is 24.9 Å². The number of nitrogens with zero attached hydrogens (tertiary/aromatic N) is 1. The zero-order valence-corrected chi connectivity index (χ0v) is 11.9. The molecule has 0 fully saturated rings. The van der Waals surface area contributed by atoms with Crippen molar-refractivity contribution in [2.45, 2.75) is 58.4 Å². The second-order valence-corrected chi connectivity index (χ2v) is 6.19. The molecular weight excluding hydrogens is 216 g/mol. The Bertz CT molecular complexity index is 312. The monoisotopic (exact) mass is 240 g/mol. The van der Waals surface area contributed by atoms with Crippen LogP contribution in [0.2, 0.25) is 0 Å². The molecule has 0 bridgehead atoms. The Hall–Kier alpha value is -0.410. The minimum absolute atomic E-state index is 0.164. The maximum atomic E-state index is 4.76. The molecule has 1 aromatic heterocycles. The van der Waals surface area contributed by atoms with Gasteiger partial charge in [0.1, 0.15) is 5.01 Å². The van der Waals surface area contributed by atoms with Crippen LogP contribution in [0.25, 0.3) is 0 Å². The van der Waals surface area contributed by atoms with Gasteiger partial charge in [0.25, 0.3) is 0 Å². The van der Waals surface area contributed by atoms with Crippen LogP contribution in [-0.4, -0.2) is 12.0 Å². The molecule has 1 unspecified atom stereocenters. The summed E-state index contributed by atoms with van der Waals surface area (Å²) in [6.07, 6.45) is 3.69. The van der Waals surface area contributed by atoms with Crippen molar-refractivity contribution in [1.82, 2.24) is 10.3 Å². The average molecular weight is 240 g/mol. The van der Waals surface area contributed by atoms with Gasteiger partial charge in [-0.3, -0.25) is 0 Å². The van der Waals surface area contributed by atoms with Gasteiger partial charge < -0.3 is 5.32 Å². The Labute approximate surface area is 103 Å². The second kappa shape index (κ2) is 5.78. The van der Waals surface area contributed by atoms with Crippen LogP contribution in [-0.2, 0) is 5.41 Å². The van der Waals surface area contributed by atoms with Gasteiger partial charge in [0, 0.05) is 10.8 Å². The van der Waals surface area contributed by atoms with Gasteiger partial charge in [-0.2, -0.15) is 0 Å². The lowest BCUT2D eigenvalue weighted by Gasteiger charge is -2.16. The quantitative estimate of drug-likeness (QED) is 0.844. The molecule has 1 rings (SSSR count). The van der Waals surface area contributed by atoms with Crippen molar-refractivity contribution < 1.29 is 0 Å². The van der Waals surface area contributed by atoms with Crippen molar-refractivity contribution in [2.75, 3.05) is 7.05 Å². The lowest BCUT2D eigenvalue weighted by atomic mass is 9.93. The van der Waals surface area contributed by atoms with Gasteiger partial charge in [0.15, 0.2) is 0 Å². The van der Waals surface area contributed by atoms with Gasteiger partial charge >= 0.3 is 0 Å². The molecule has 0 aliphatic heterocycles. The Balaban J connectivity index is 2.75. The van der Waals surface area contributed by atoms with Crippen molar-refractivity contribution in [3.05, 3.63) is 16.1 Å². The van der Waals surface area contributed by atoms with Gasteiger partial charge in [-0.15, -0.1) is 11.3 Å². The molecular formula is C13H24N2S. The molecule has 0 aromatic carbocycles. The third kappa shape index (κ3) is 3.56. The summed E-state index contributed by atoms with van der Waals surface area (Å²) in [6, 6.07) is 0.432. The minimum atomic E-state index is 0.164. The third-order valence-electron chi connectivity index (χ3n) is 2.78. The fourth-order valence-electron chi connectivity index (χ4n) is 1.59. The minimum Gasteiger partial charge on any atom is -0.311 e. The first-order valence-electron chi connectivity index (χ1n) is 6.12. The summed E-state index contributed by atoms with van der Waals surface area (Å²) in [4.78, 5) is 4.76. The van der Waals surface area contributed by atoms with E-state index in [4.69, 9.17) is 4.98 Å². The molecule has 1 aromatic rings. The third-order valence-corrected chi connectivity index (χ3v) is 3.74. The smallest absolute Gasteiger partial charge is 0.110 e. The van der Waals surface area contributed by atoms with Crippen LogP contribution < -0.4 is 5.32 Å². The van der Waals surface area contributed by atoms with E-state index in [9.17, 15) is 0 Å². The van der Waals surface area contributed by atoms with E-state index in [1.54, 1.807) is 11.3 Å². The van der Waals surface area contributed by atoms with Crippen LogP contribution in [0.4, 0.5) is 0 Å². The van der Waals surface area contributed by atoms with Crippen molar-refractivity contribution in [3.63, 3.8) is 0 Å². The zero-order chi connectivity index (χ0) is 12.2. The zero-order valence-electron chi connectivity index (χ0n) is 11.1. The Morgan fingerprint density at radius 2 is 2.12 bits per heavy atom. The predicted octanol–water partition coefficient (Wildman–Crippen LogP) is 3.89. The molecule has 1 heterocycles. The standard InChI is InChI=1S/C13H24N2S/c1-6-7-8-10(14-5)12-15-11(9-16-12)13(2,3)4/h9-10,14H,6-8H2,1-5H3. The highest BCUT2D eigenvalue weighted by atomic mass is 32.1. The molecule has 2 nitrogen and oxygen atoms in total. The number of hydrogen-bond acceptors (Lipinski definition) is 3. The summed E-state index contributed by atoms with van der Waals surface area (Å²) in [5.41, 5.74) is 1.38. The van der Waals surface area contributed by atoms with Crippen molar-refractivity contribution in [3.8, 4) is 0 Å². The summed E-state index contributed by atoms with van der Waals surface area (Å²) < 4.78 is 0. The molecule has 16 heavy (non-hydrogen) atoms.